The summed E-state index contributed by atoms with van der Waals surface area (Å²) < 4.78 is 13.8. The molecule has 0 unspecified atom stereocenters. The normalized spacial score (nSPS) is 10.2. The maximum atomic E-state index is 13.5. The Morgan fingerprint density at radius 3 is 2.71 bits per heavy atom. The monoisotopic (exact) mass is 352 g/mol. The standard InChI is InChI=1S/C14H10BrFN2O3/c1-8-5-11(15)12(16)7-13(8)17-14(19)9-3-2-4-10(6-9)18(20)21/h2-7H,1H3,(H,17,19). The van der Waals surface area contributed by atoms with Crippen LogP contribution in [-0.4, -0.2) is 10.8 Å². The van der Waals surface area contributed by atoms with Crippen LogP contribution < -0.4 is 5.32 Å². The maximum absolute atomic E-state index is 13.5. The van der Waals surface area contributed by atoms with Gasteiger partial charge in [0, 0.05) is 23.4 Å². The Kier molecular flexibility index (Phi) is 4.32. The highest BCUT2D eigenvalue weighted by Crippen LogP contribution is 2.24. The van der Waals surface area contributed by atoms with Crippen molar-refractivity contribution in [1.82, 2.24) is 0 Å². The molecule has 0 heterocycles. The Balaban J connectivity index is 2.28. The Labute approximate surface area is 128 Å². The first kappa shape index (κ1) is 15.1. The molecule has 0 bridgehead atoms. The Morgan fingerprint density at radius 2 is 2.05 bits per heavy atom. The van der Waals surface area contributed by atoms with Gasteiger partial charge >= 0.3 is 0 Å². The van der Waals surface area contributed by atoms with Crippen LogP contribution in [0.5, 0.6) is 0 Å². The van der Waals surface area contributed by atoms with Crippen molar-refractivity contribution in [3.8, 4) is 0 Å². The van der Waals surface area contributed by atoms with E-state index >= 15 is 0 Å². The molecule has 1 N–H and O–H groups in total. The van der Waals surface area contributed by atoms with Crippen LogP contribution in [0.25, 0.3) is 0 Å². The summed E-state index contributed by atoms with van der Waals surface area (Å²) in [6, 6.07) is 8.06. The van der Waals surface area contributed by atoms with E-state index in [9.17, 15) is 19.3 Å². The first-order valence-electron chi connectivity index (χ1n) is 5.90. The number of carbonyl (C=O) groups is 1. The molecule has 0 aliphatic heterocycles. The van der Waals surface area contributed by atoms with E-state index < -0.39 is 16.6 Å². The van der Waals surface area contributed by atoms with Gasteiger partial charge in [-0.05, 0) is 46.6 Å². The van der Waals surface area contributed by atoms with Gasteiger partial charge in [0.1, 0.15) is 5.82 Å². The van der Waals surface area contributed by atoms with Gasteiger partial charge in [-0.1, -0.05) is 6.07 Å². The molecule has 5 nitrogen and oxygen atoms in total. The molecule has 0 aromatic heterocycles. The molecule has 2 aromatic carbocycles. The Morgan fingerprint density at radius 1 is 1.33 bits per heavy atom. The fourth-order valence-corrected chi connectivity index (χ4v) is 2.19. The van der Waals surface area contributed by atoms with Gasteiger partial charge in [0.2, 0.25) is 0 Å². The second kappa shape index (κ2) is 6.01. The number of nitro benzene ring substituents is 1. The van der Waals surface area contributed by atoms with E-state index in [0.29, 0.717) is 15.7 Å². The fraction of sp³-hybridized carbons (Fsp3) is 0.0714. The molecule has 0 fully saturated rings. The van der Waals surface area contributed by atoms with Crippen LogP contribution in [0.2, 0.25) is 0 Å². The topological polar surface area (TPSA) is 72.2 Å². The van der Waals surface area contributed by atoms with Crippen LogP contribution in [0.1, 0.15) is 15.9 Å². The molecule has 21 heavy (non-hydrogen) atoms. The number of rotatable bonds is 3. The predicted molar refractivity (Wildman–Crippen MR) is 79.9 cm³/mol. The number of hydrogen-bond acceptors (Lipinski definition) is 3. The highest BCUT2D eigenvalue weighted by molar-refractivity contribution is 9.10. The van der Waals surface area contributed by atoms with Crippen molar-refractivity contribution in [1.29, 1.82) is 0 Å². The quantitative estimate of drug-likeness (QED) is 0.668. The van der Waals surface area contributed by atoms with Crippen molar-refractivity contribution in [2.24, 2.45) is 0 Å². The molecule has 0 saturated carbocycles. The number of nitro groups is 1. The molecule has 108 valence electrons. The molecule has 2 rings (SSSR count). The van der Waals surface area contributed by atoms with Gasteiger partial charge in [-0.15, -0.1) is 0 Å². The first-order valence-corrected chi connectivity index (χ1v) is 6.69. The van der Waals surface area contributed by atoms with Gasteiger partial charge in [-0.25, -0.2) is 4.39 Å². The highest BCUT2D eigenvalue weighted by Gasteiger charge is 2.13. The molecule has 7 heteroatoms. The first-order chi connectivity index (χ1) is 9.88. The number of nitrogens with zero attached hydrogens (tertiary/aromatic N) is 1. The Bertz CT molecular complexity index is 734. The minimum atomic E-state index is -0.582. The number of anilines is 1. The lowest BCUT2D eigenvalue weighted by atomic mass is 10.1. The molecule has 0 spiro atoms. The fourth-order valence-electron chi connectivity index (χ4n) is 1.74. The predicted octanol–water partition coefficient (Wildman–Crippen LogP) is 4.06. The molecule has 0 aliphatic carbocycles. The zero-order chi connectivity index (χ0) is 15.6. The summed E-state index contributed by atoms with van der Waals surface area (Å²) in [6.45, 7) is 1.72. The van der Waals surface area contributed by atoms with Gasteiger partial charge in [0.15, 0.2) is 0 Å². The van der Waals surface area contributed by atoms with Gasteiger partial charge in [0.05, 0.1) is 9.40 Å². The minimum absolute atomic E-state index is 0.131. The average molecular weight is 353 g/mol. The Hall–Kier alpha value is -2.28. The number of hydrogen-bond donors (Lipinski definition) is 1. The lowest BCUT2D eigenvalue weighted by Crippen LogP contribution is -2.13. The number of benzene rings is 2. The van der Waals surface area contributed by atoms with E-state index in [-0.39, 0.29) is 11.3 Å². The van der Waals surface area contributed by atoms with Crippen molar-refractivity contribution in [2.75, 3.05) is 5.32 Å². The second-order valence-electron chi connectivity index (χ2n) is 4.34. The van der Waals surface area contributed by atoms with Gasteiger partial charge in [-0.3, -0.25) is 14.9 Å². The summed E-state index contributed by atoms with van der Waals surface area (Å²) in [5, 5.41) is 13.2. The summed E-state index contributed by atoms with van der Waals surface area (Å²) >= 11 is 3.05. The third kappa shape index (κ3) is 3.43. The van der Waals surface area contributed by atoms with Crippen molar-refractivity contribution >= 4 is 33.2 Å². The largest absolute Gasteiger partial charge is 0.322 e. The summed E-state index contributed by atoms with van der Waals surface area (Å²) in [5.41, 5.74) is 0.933. The SMILES string of the molecule is Cc1cc(Br)c(F)cc1NC(=O)c1cccc([N+](=O)[O-])c1. The van der Waals surface area contributed by atoms with Gasteiger partial charge in [0.25, 0.3) is 11.6 Å². The van der Waals surface area contributed by atoms with Gasteiger partial charge in [-0.2, -0.15) is 0 Å². The van der Waals surface area contributed by atoms with Crippen molar-refractivity contribution in [3.63, 3.8) is 0 Å². The van der Waals surface area contributed by atoms with Crippen LogP contribution in [0.4, 0.5) is 15.8 Å². The maximum Gasteiger partial charge on any atom is 0.270 e. The van der Waals surface area contributed by atoms with Crippen LogP contribution in [0.15, 0.2) is 40.9 Å². The van der Waals surface area contributed by atoms with Crippen molar-refractivity contribution < 1.29 is 14.1 Å². The lowest BCUT2D eigenvalue weighted by molar-refractivity contribution is -0.384. The average Bonchev–Trinajstić information content (AvgIpc) is 2.44. The zero-order valence-corrected chi connectivity index (χ0v) is 12.5. The molecule has 0 aliphatic rings. The number of carbonyl (C=O) groups excluding carboxylic acids is 1. The van der Waals surface area contributed by atoms with Crippen LogP contribution in [-0.2, 0) is 0 Å². The molecular formula is C14H10BrFN2O3. The van der Waals surface area contributed by atoms with E-state index in [0.717, 1.165) is 0 Å². The second-order valence-corrected chi connectivity index (χ2v) is 5.20. The van der Waals surface area contributed by atoms with Crippen molar-refractivity contribution in [2.45, 2.75) is 6.92 Å². The summed E-state index contributed by atoms with van der Waals surface area (Å²) in [6.07, 6.45) is 0. The summed E-state index contributed by atoms with van der Waals surface area (Å²) in [5.74, 6) is -1.04. The smallest absolute Gasteiger partial charge is 0.270 e. The molecular weight excluding hydrogens is 343 g/mol. The third-order valence-corrected chi connectivity index (χ3v) is 3.44. The van der Waals surface area contributed by atoms with Gasteiger partial charge < -0.3 is 5.32 Å². The number of non-ortho nitro benzene ring substituents is 1. The lowest BCUT2D eigenvalue weighted by Gasteiger charge is -2.09. The van der Waals surface area contributed by atoms with E-state index in [1.807, 2.05) is 0 Å². The van der Waals surface area contributed by atoms with Crippen molar-refractivity contribution in [3.05, 3.63) is 67.9 Å². The summed E-state index contributed by atoms with van der Waals surface area (Å²) in [4.78, 5) is 22.2. The highest BCUT2D eigenvalue weighted by atomic mass is 79.9. The number of nitrogens with one attached hydrogen (secondary N) is 1. The van der Waals surface area contributed by atoms with E-state index in [2.05, 4.69) is 21.2 Å². The molecule has 1 amide bonds. The van der Waals surface area contributed by atoms with E-state index in [1.54, 1.807) is 13.0 Å². The van der Waals surface area contributed by atoms with Crippen LogP contribution in [0.3, 0.4) is 0 Å². The number of aryl methyl sites for hydroxylation is 1. The van der Waals surface area contributed by atoms with E-state index in [4.69, 9.17) is 0 Å². The minimum Gasteiger partial charge on any atom is -0.322 e. The number of halogens is 2. The molecule has 0 atom stereocenters. The molecule has 0 saturated heterocycles. The summed E-state index contributed by atoms with van der Waals surface area (Å²) in [7, 11) is 0. The zero-order valence-electron chi connectivity index (χ0n) is 10.9. The van der Waals surface area contributed by atoms with Crippen LogP contribution >= 0.6 is 15.9 Å². The van der Waals surface area contributed by atoms with Crippen LogP contribution in [0, 0.1) is 22.9 Å². The number of amides is 1. The van der Waals surface area contributed by atoms with E-state index in [1.165, 1.54) is 30.3 Å². The molecule has 0 radical (unpaired) electrons. The third-order valence-electron chi connectivity index (χ3n) is 2.83. The molecule has 2 aromatic rings.